The topological polar surface area (TPSA) is 278 Å². The first kappa shape index (κ1) is 92.9. The van der Waals surface area contributed by atoms with E-state index in [0.717, 1.165) is 58.6 Å². The fourth-order valence-electron chi connectivity index (χ4n) is 17.4. The van der Waals surface area contributed by atoms with Crippen molar-refractivity contribution in [3.8, 4) is 50.8 Å². The largest absolute Gasteiger partial charge is 0.419 e. The van der Waals surface area contributed by atoms with E-state index in [1.165, 1.54) is 39.8 Å². The van der Waals surface area contributed by atoms with E-state index in [9.17, 15) is 46.3 Å². The number of nitrogens with zero attached hydrogens (tertiary/aromatic N) is 20. The Morgan fingerprint density at radius 1 is 0.434 bits per heavy atom. The Morgan fingerprint density at radius 2 is 0.791 bits per heavy atom. The first-order valence-corrected chi connectivity index (χ1v) is 44.1. The quantitative estimate of drug-likeness (QED) is 0.0493. The molecule has 34 heteroatoms. The Hall–Kier alpha value is -12.3. The number of amides is 3. The van der Waals surface area contributed by atoms with Gasteiger partial charge in [0.05, 0.1) is 82.5 Å². The van der Waals surface area contributed by atoms with Gasteiger partial charge in [0.1, 0.15) is 47.2 Å². The second kappa shape index (κ2) is 37.4. The van der Waals surface area contributed by atoms with Crippen LogP contribution in [0.2, 0.25) is 20.2 Å². The van der Waals surface area contributed by atoms with Gasteiger partial charge < -0.3 is 29.4 Å². The van der Waals surface area contributed by atoms with Gasteiger partial charge in [-0.15, -0.1) is 0 Å². The SMILES string of the molecule is C=CC(=O)N1CC(C)N(c2nc(=O)n(-c3c(C(C)C)ncnc3C3CC3)c3nc(-c4ccccc4C)c(Cl)cc23)CC1C.C=CC(=O)N1CC(C)N(c2nc(=O)n(-c3c(C)ccnc3C(C)C)c3nc(-c4cccc(F)c4C(F)(F)F)c(Cl)cc23)CC1C.C=CC(=O)N1CC(C)N(c2nc(=O)n(-c3c(Cl)ncnc3C(C)C)c3nc(-c4ccccc4C)c(Cl)cc23)CC1C. The van der Waals surface area contributed by atoms with E-state index in [1.807, 2.05) is 147 Å². The predicted octanol–water partition coefficient (Wildman–Crippen LogP) is 18.1. The molecule has 0 radical (unpaired) electrons. The fourth-order valence-corrected chi connectivity index (χ4v) is 18.4. The van der Waals surface area contributed by atoms with E-state index in [-0.39, 0.29) is 117 Å². The lowest BCUT2D eigenvalue weighted by Gasteiger charge is -2.44. The monoisotopic (exact) mass is 1830 g/mol. The van der Waals surface area contributed by atoms with Gasteiger partial charge in [0.2, 0.25) is 17.7 Å². The van der Waals surface area contributed by atoms with Crippen LogP contribution in [0.5, 0.6) is 0 Å². The number of benzene rings is 3. The Labute approximate surface area is 763 Å². The number of aromatic nitrogens is 14. The lowest BCUT2D eigenvalue weighted by molar-refractivity contribution is -0.139. The van der Waals surface area contributed by atoms with Gasteiger partial charge in [-0.05, 0) is 158 Å². The molecule has 3 amide bonds. The average molecular weight is 1830 g/mol. The Balaban J connectivity index is 0.000000156. The number of halogens is 8. The molecule has 6 unspecified atom stereocenters. The van der Waals surface area contributed by atoms with E-state index in [4.69, 9.17) is 61.4 Å². The molecule has 6 atom stereocenters. The van der Waals surface area contributed by atoms with Gasteiger partial charge in [-0.3, -0.25) is 19.4 Å². The summed E-state index contributed by atoms with van der Waals surface area (Å²) in [6, 6.07) is 24.3. The zero-order chi connectivity index (χ0) is 93.1. The number of hydrogen-bond donors (Lipinski definition) is 0. The number of pyridine rings is 4. The van der Waals surface area contributed by atoms with E-state index >= 15 is 0 Å². The first-order chi connectivity index (χ1) is 61.3. The standard InChI is InChI=1S/C33H36ClN7O2.C32H31ClF4N6O2.C30H31Cl2N7O2/c1-7-26(42)39-15-21(6)40(16-20(39)5)31-24-14-25(34)29(23-11-9-8-10-19(23)4)37-32(24)41(33(43)38-31)30-27(18(2)3)35-17-36-28(30)22-12-13-22;1-7-24(44)41-14-19(6)42(15-18(41)5)29-21-13-22(33)27(20-9-8-10-23(34)25(20)32(35,36)37)39-30(21)43(31(45)40-29)28-17(4)11-12-38-26(28)16(2)3;1-7-23(40)37-13-19(6)38(14-18(37)5)28-21-12-22(31)25(20-11-9-8-10-17(20)4)35-29(21)39(30(41)36-28)26-24(16(2)3)33-15-34-27(26)32/h7-11,14,17-18,20-22H,1,12-13,15-16H2,2-6H3;7-13,16,18-19H,1,14-15H2,2-6H3;7-12,15-16,18-19H,1,13-14H2,2-6H3. The lowest BCUT2D eigenvalue weighted by Crippen LogP contribution is -2.58. The molecule has 0 bridgehead atoms. The van der Waals surface area contributed by atoms with Crippen LogP contribution in [0.25, 0.3) is 83.9 Å². The molecular weight excluding hydrogens is 1730 g/mol. The molecule has 16 rings (SSSR count). The van der Waals surface area contributed by atoms with Crippen LogP contribution in [0.15, 0.2) is 162 Å². The average Bonchev–Trinajstić information content (AvgIpc) is 1.69. The molecule has 0 spiro atoms. The van der Waals surface area contributed by atoms with Crippen LogP contribution in [0.1, 0.15) is 165 Å². The van der Waals surface area contributed by atoms with Gasteiger partial charge in [-0.25, -0.2) is 67.4 Å². The molecule has 3 saturated heterocycles. The molecule has 1 aliphatic carbocycles. The fraction of sp³-hybridized carbons (Fsp3) is 0.358. The van der Waals surface area contributed by atoms with E-state index in [2.05, 4.69) is 78.4 Å². The van der Waals surface area contributed by atoms with Gasteiger partial charge in [-0.1, -0.05) is 168 Å². The molecule has 4 fully saturated rings. The molecule has 12 aromatic rings. The van der Waals surface area contributed by atoms with Gasteiger partial charge in [0, 0.05) is 104 Å². The number of anilines is 3. The molecule has 12 heterocycles. The highest BCUT2D eigenvalue weighted by atomic mass is 35.5. The van der Waals surface area contributed by atoms with Crippen LogP contribution in [0.4, 0.5) is 35.0 Å². The van der Waals surface area contributed by atoms with Crippen LogP contribution in [-0.4, -0.2) is 176 Å². The third kappa shape index (κ3) is 18.0. The number of carbonyl (C=O) groups is 3. The van der Waals surface area contributed by atoms with Crippen LogP contribution in [0.3, 0.4) is 0 Å². The van der Waals surface area contributed by atoms with Gasteiger partial charge in [0.15, 0.2) is 22.1 Å². The second-order valence-electron chi connectivity index (χ2n) is 34.1. The maximum absolute atomic E-state index is 14.7. The van der Waals surface area contributed by atoms with Crippen molar-refractivity contribution in [3.63, 3.8) is 0 Å². The maximum atomic E-state index is 14.7. The zero-order valence-electron chi connectivity index (χ0n) is 74.1. The molecule has 4 aliphatic rings. The number of aryl methyl sites for hydroxylation is 3. The Morgan fingerprint density at radius 3 is 1.17 bits per heavy atom. The molecule has 3 aliphatic heterocycles. The van der Waals surface area contributed by atoms with Crippen molar-refractivity contribution in [1.82, 2.24) is 83.2 Å². The highest BCUT2D eigenvalue weighted by Gasteiger charge is 2.42. The van der Waals surface area contributed by atoms with Crippen LogP contribution >= 0.6 is 46.4 Å². The Bertz CT molecular complexity index is 6680. The first-order valence-electron chi connectivity index (χ1n) is 42.6. The number of rotatable bonds is 16. The maximum Gasteiger partial charge on any atom is 0.419 e. The molecule has 1 saturated carbocycles. The second-order valence-corrected chi connectivity index (χ2v) is 35.7. The highest BCUT2D eigenvalue weighted by molar-refractivity contribution is 6.35. The smallest absolute Gasteiger partial charge is 0.349 e. The molecule has 9 aromatic heterocycles. The van der Waals surface area contributed by atoms with Crippen LogP contribution in [0, 0.1) is 26.6 Å². The van der Waals surface area contributed by atoms with Gasteiger partial charge in [0.25, 0.3) is 0 Å². The van der Waals surface area contributed by atoms with Crippen LogP contribution in [-0.2, 0) is 20.6 Å². The van der Waals surface area contributed by atoms with E-state index in [0.29, 0.717) is 128 Å². The molecule has 129 heavy (non-hydrogen) atoms. The van der Waals surface area contributed by atoms with E-state index < -0.39 is 40.2 Å². The summed E-state index contributed by atoms with van der Waals surface area (Å²) in [6.07, 6.45) is 5.45. The summed E-state index contributed by atoms with van der Waals surface area (Å²) in [5.41, 5.74) is 6.27. The van der Waals surface area contributed by atoms with Crippen molar-refractivity contribution >= 4 is 115 Å². The lowest BCUT2D eigenvalue weighted by atomic mass is 10.0. The molecular formula is C95H98Cl4F4N20O6. The number of alkyl halides is 3. The number of carbonyl (C=O) groups excluding carboxylic acids is 3. The van der Waals surface area contributed by atoms with Crippen molar-refractivity contribution in [3.05, 3.63) is 250 Å². The number of piperazine rings is 3. The van der Waals surface area contributed by atoms with Crippen molar-refractivity contribution in [2.75, 3.05) is 54.0 Å². The number of hydrogen-bond acceptors (Lipinski definition) is 20. The summed E-state index contributed by atoms with van der Waals surface area (Å²) >= 11 is 27.2. The zero-order valence-corrected chi connectivity index (χ0v) is 77.1. The molecule has 670 valence electrons. The Kier molecular flexibility index (Phi) is 27.0. The molecule has 3 aromatic carbocycles. The van der Waals surface area contributed by atoms with Crippen molar-refractivity contribution in [1.29, 1.82) is 0 Å². The third-order valence-electron chi connectivity index (χ3n) is 24.0. The normalized spacial score (nSPS) is 17.8. The minimum absolute atomic E-state index is 0.0239. The van der Waals surface area contributed by atoms with Crippen molar-refractivity contribution in [2.45, 2.75) is 183 Å². The molecule has 0 N–H and O–H groups in total. The van der Waals surface area contributed by atoms with Crippen molar-refractivity contribution < 1.29 is 31.9 Å². The van der Waals surface area contributed by atoms with Crippen molar-refractivity contribution in [2.24, 2.45) is 0 Å². The predicted molar refractivity (Wildman–Crippen MR) is 499 cm³/mol. The van der Waals surface area contributed by atoms with E-state index in [1.54, 1.807) is 50.8 Å². The van der Waals surface area contributed by atoms with Gasteiger partial charge in [-0.2, -0.15) is 28.1 Å². The highest BCUT2D eigenvalue weighted by Crippen LogP contribution is 2.47. The minimum Gasteiger partial charge on any atom is -0.349 e. The summed E-state index contributed by atoms with van der Waals surface area (Å²) < 4.78 is 61.3. The summed E-state index contributed by atoms with van der Waals surface area (Å²) in [5, 5.41) is 2.32. The van der Waals surface area contributed by atoms with Crippen LogP contribution < -0.4 is 31.8 Å². The molecule has 26 nitrogen and oxygen atoms in total. The summed E-state index contributed by atoms with van der Waals surface area (Å²) in [6.45, 7) is 42.6. The minimum atomic E-state index is -5.05. The summed E-state index contributed by atoms with van der Waals surface area (Å²) in [4.78, 5) is 142. The van der Waals surface area contributed by atoms with Gasteiger partial charge >= 0.3 is 23.2 Å². The summed E-state index contributed by atoms with van der Waals surface area (Å²) in [7, 11) is 0. The third-order valence-corrected chi connectivity index (χ3v) is 25.2. The summed E-state index contributed by atoms with van der Waals surface area (Å²) in [5.74, 6) is -0.725. The number of fused-ring (bicyclic) bond motifs is 3.